The second-order valence-corrected chi connectivity index (χ2v) is 8.70. The lowest BCUT2D eigenvalue weighted by atomic mass is 9.89. The third kappa shape index (κ3) is 6.66. The number of aliphatic hydroxyl groups is 1. The monoisotopic (exact) mass is 489 g/mol. The first-order valence-corrected chi connectivity index (χ1v) is 11.3. The number of alkyl halides is 6. The van der Waals surface area contributed by atoms with E-state index in [4.69, 9.17) is 4.74 Å². The first-order chi connectivity index (χ1) is 16.0. The molecule has 0 bridgehead atoms. The summed E-state index contributed by atoms with van der Waals surface area (Å²) in [5, 5.41) is 9.22. The minimum Gasteiger partial charge on any atom is -0.496 e. The number of aliphatic hydroxyl groups excluding tert-OH is 1. The number of nitrogens with zero attached hydrogens (tertiary/aromatic N) is 1. The maximum Gasteiger partial charge on any atom is 0.416 e. The van der Waals surface area contributed by atoms with Gasteiger partial charge in [-0.15, -0.1) is 0 Å². The fraction of sp³-hybridized carbons (Fsp3) is 0.520. The summed E-state index contributed by atoms with van der Waals surface area (Å²) in [7, 11) is 1.53. The van der Waals surface area contributed by atoms with Crippen LogP contribution in [-0.2, 0) is 18.8 Å². The zero-order chi connectivity index (χ0) is 24.9. The smallest absolute Gasteiger partial charge is 0.416 e. The molecule has 1 N–H and O–H groups in total. The maximum atomic E-state index is 13.3. The van der Waals surface area contributed by atoms with E-state index >= 15 is 0 Å². The van der Waals surface area contributed by atoms with Crippen molar-refractivity contribution >= 4 is 0 Å². The van der Waals surface area contributed by atoms with Crippen molar-refractivity contribution in [1.82, 2.24) is 4.90 Å². The van der Waals surface area contributed by atoms with Crippen molar-refractivity contribution in [2.75, 3.05) is 26.8 Å². The van der Waals surface area contributed by atoms with Crippen LogP contribution < -0.4 is 4.74 Å². The number of rotatable bonds is 8. The summed E-state index contributed by atoms with van der Waals surface area (Å²) in [6, 6.07) is 8.89. The molecule has 0 aliphatic carbocycles. The lowest BCUT2D eigenvalue weighted by molar-refractivity contribution is -0.143. The van der Waals surface area contributed by atoms with Crippen molar-refractivity contribution in [3.8, 4) is 5.75 Å². The molecule has 1 saturated heterocycles. The van der Waals surface area contributed by atoms with Crippen molar-refractivity contribution < 1.29 is 36.2 Å². The van der Waals surface area contributed by atoms with Gasteiger partial charge in [0.05, 0.1) is 18.2 Å². The third-order valence-electron chi connectivity index (χ3n) is 6.48. The molecule has 1 fully saturated rings. The van der Waals surface area contributed by atoms with Crippen LogP contribution in [0, 0.1) is 5.92 Å². The number of benzene rings is 2. The number of para-hydroxylation sites is 1. The van der Waals surface area contributed by atoms with Gasteiger partial charge in [0.15, 0.2) is 0 Å². The molecular formula is C25H29F6NO2. The van der Waals surface area contributed by atoms with Crippen molar-refractivity contribution in [2.24, 2.45) is 5.92 Å². The summed E-state index contributed by atoms with van der Waals surface area (Å²) >= 11 is 0. The number of likely N-dealkylation sites (tertiary alicyclic amines) is 1. The molecule has 0 aromatic heterocycles. The van der Waals surface area contributed by atoms with E-state index in [1.165, 1.54) is 7.11 Å². The van der Waals surface area contributed by atoms with E-state index in [0.29, 0.717) is 18.1 Å². The average Bonchev–Trinajstić information content (AvgIpc) is 2.79. The molecule has 3 rings (SSSR count). The Balaban J connectivity index is 1.89. The molecule has 0 spiro atoms. The molecule has 3 nitrogen and oxygen atoms in total. The number of hydrogen-bond acceptors (Lipinski definition) is 3. The first-order valence-electron chi connectivity index (χ1n) is 11.3. The van der Waals surface area contributed by atoms with E-state index in [-0.39, 0.29) is 30.7 Å². The molecule has 1 atom stereocenters. The topological polar surface area (TPSA) is 32.7 Å². The fourth-order valence-electron chi connectivity index (χ4n) is 4.68. The van der Waals surface area contributed by atoms with Crippen molar-refractivity contribution in [3.63, 3.8) is 0 Å². The largest absolute Gasteiger partial charge is 0.496 e. The van der Waals surface area contributed by atoms with E-state index in [0.717, 1.165) is 50.0 Å². The van der Waals surface area contributed by atoms with Crippen LogP contribution in [0.1, 0.15) is 54.0 Å². The SMILES string of the molecule is COc1ccccc1C(CCc1cc(C(F)(F)F)cc(C(F)(F)F)c1)N1CCC(CCO)CC1. The number of methoxy groups -OCH3 is 1. The number of ether oxygens (including phenoxy) is 1. The number of aryl methyl sites for hydroxylation is 1. The molecule has 9 heteroatoms. The quantitative estimate of drug-likeness (QED) is 0.430. The summed E-state index contributed by atoms with van der Waals surface area (Å²) in [4.78, 5) is 2.21. The summed E-state index contributed by atoms with van der Waals surface area (Å²) in [6.45, 7) is 1.57. The molecule has 0 saturated carbocycles. The normalized spacial score (nSPS) is 17.1. The van der Waals surface area contributed by atoms with Crippen LogP contribution in [0.4, 0.5) is 26.3 Å². The third-order valence-corrected chi connectivity index (χ3v) is 6.48. The number of piperidine rings is 1. The van der Waals surface area contributed by atoms with Crippen LogP contribution >= 0.6 is 0 Å². The molecular weight excluding hydrogens is 460 g/mol. The fourth-order valence-corrected chi connectivity index (χ4v) is 4.68. The molecule has 1 unspecified atom stereocenters. The number of halogens is 6. The van der Waals surface area contributed by atoms with Gasteiger partial charge in [-0.3, -0.25) is 4.90 Å². The lowest BCUT2D eigenvalue weighted by Gasteiger charge is -2.38. The summed E-state index contributed by atoms with van der Waals surface area (Å²) in [5.74, 6) is 1.03. The molecule has 1 aliphatic heterocycles. The summed E-state index contributed by atoms with van der Waals surface area (Å²) in [5.41, 5.74) is -1.74. The zero-order valence-electron chi connectivity index (χ0n) is 18.9. The van der Waals surface area contributed by atoms with E-state index in [1.54, 1.807) is 6.07 Å². The molecule has 188 valence electrons. The van der Waals surface area contributed by atoms with Gasteiger partial charge in [-0.05, 0) is 80.9 Å². The number of hydrogen-bond donors (Lipinski definition) is 1. The lowest BCUT2D eigenvalue weighted by Crippen LogP contribution is -2.37. The van der Waals surface area contributed by atoms with Gasteiger partial charge in [0.2, 0.25) is 0 Å². The Morgan fingerprint density at radius 1 is 0.971 bits per heavy atom. The molecule has 1 aliphatic rings. The second kappa shape index (κ2) is 11.0. The highest BCUT2D eigenvalue weighted by molar-refractivity contribution is 5.37. The Labute approximate surface area is 195 Å². The highest BCUT2D eigenvalue weighted by Gasteiger charge is 2.37. The molecule has 34 heavy (non-hydrogen) atoms. The minimum absolute atomic E-state index is 0.00258. The van der Waals surface area contributed by atoms with Gasteiger partial charge in [-0.1, -0.05) is 18.2 Å². The predicted molar refractivity (Wildman–Crippen MR) is 117 cm³/mol. The van der Waals surface area contributed by atoms with E-state index < -0.39 is 23.5 Å². The van der Waals surface area contributed by atoms with Crippen LogP contribution in [0.2, 0.25) is 0 Å². The molecule has 0 radical (unpaired) electrons. The second-order valence-electron chi connectivity index (χ2n) is 8.70. The maximum absolute atomic E-state index is 13.3. The standard InChI is InChI=1S/C25H29F6NO2/c1-34-23-5-3-2-4-21(23)22(32-11-8-17(9-12-32)10-13-33)7-6-18-14-19(24(26,27)28)16-20(15-18)25(29,30)31/h2-5,14-17,22,33H,6-13H2,1H3. The van der Waals surface area contributed by atoms with Crippen LogP contribution in [0.3, 0.4) is 0 Å². The Morgan fingerprint density at radius 2 is 1.56 bits per heavy atom. The van der Waals surface area contributed by atoms with Gasteiger partial charge in [-0.25, -0.2) is 0 Å². The molecule has 2 aromatic carbocycles. The van der Waals surface area contributed by atoms with Crippen molar-refractivity contribution in [1.29, 1.82) is 0 Å². The molecule has 0 amide bonds. The Morgan fingerprint density at radius 3 is 2.09 bits per heavy atom. The Bertz CT molecular complexity index is 903. The van der Waals surface area contributed by atoms with Crippen LogP contribution in [0.25, 0.3) is 0 Å². The Hall–Kier alpha value is -2.26. The highest BCUT2D eigenvalue weighted by Crippen LogP contribution is 2.39. The Kier molecular flexibility index (Phi) is 8.52. The van der Waals surface area contributed by atoms with Gasteiger partial charge in [0, 0.05) is 18.2 Å². The van der Waals surface area contributed by atoms with E-state index in [1.807, 2.05) is 18.2 Å². The summed E-state index contributed by atoms with van der Waals surface area (Å²) in [6.07, 6.45) is -6.89. The van der Waals surface area contributed by atoms with E-state index in [2.05, 4.69) is 4.90 Å². The highest BCUT2D eigenvalue weighted by atomic mass is 19.4. The summed E-state index contributed by atoms with van der Waals surface area (Å²) < 4.78 is 85.2. The average molecular weight is 490 g/mol. The molecule has 2 aromatic rings. The van der Waals surface area contributed by atoms with Gasteiger partial charge in [0.25, 0.3) is 0 Å². The minimum atomic E-state index is -4.87. The predicted octanol–water partition coefficient (Wildman–Crippen LogP) is 6.50. The van der Waals surface area contributed by atoms with Crippen LogP contribution in [0.5, 0.6) is 5.75 Å². The van der Waals surface area contributed by atoms with Gasteiger partial charge in [0.1, 0.15) is 5.75 Å². The van der Waals surface area contributed by atoms with Gasteiger partial charge >= 0.3 is 12.4 Å². The van der Waals surface area contributed by atoms with Crippen LogP contribution in [-0.4, -0.2) is 36.8 Å². The van der Waals surface area contributed by atoms with Crippen LogP contribution in [0.15, 0.2) is 42.5 Å². The van der Waals surface area contributed by atoms with Crippen molar-refractivity contribution in [3.05, 3.63) is 64.7 Å². The molecule has 1 heterocycles. The van der Waals surface area contributed by atoms with Gasteiger partial charge < -0.3 is 9.84 Å². The van der Waals surface area contributed by atoms with Gasteiger partial charge in [-0.2, -0.15) is 26.3 Å². The zero-order valence-corrected chi connectivity index (χ0v) is 18.9. The van der Waals surface area contributed by atoms with Crippen molar-refractivity contribution in [2.45, 2.75) is 50.5 Å². The first kappa shape index (κ1) is 26.3. The van der Waals surface area contributed by atoms with E-state index in [9.17, 15) is 31.4 Å².